The molecule has 10 heteroatoms. The minimum Gasteiger partial charge on any atom is -0.339 e. The summed E-state index contributed by atoms with van der Waals surface area (Å²) in [5.74, 6) is 0.387. The average molecular weight is 384 g/mol. The number of nitrogens with one attached hydrogen (secondary N) is 2. The van der Waals surface area contributed by atoms with Gasteiger partial charge in [0.2, 0.25) is 5.91 Å². The fourth-order valence-electron chi connectivity index (χ4n) is 2.29. The molecule has 0 aliphatic heterocycles. The lowest BCUT2D eigenvalue weighted by molar-refractivity contribution is -0.114. The number of rotatable bonds is 5. The Bertz CT molecular complexity index is 1090. The maximum atomic E-state index is 11.7. The first-order chi connectivity index (χ1) is 12.8. The van der Waals surface area contributed by atoms with Crippen molar-refractivity contribution in [3.63, 3.8) is 0 Å². The quantitative estimate of drug-likeness (QED) is 0.684. The number of amides is 1. The van der Waals surface area contributed by atoms with Crippen LogP contribution in [-0.4, -0.2) is 40.7 Å². The van der Waals surface area contributed by atoms with Gasteiger partial charge < -0.3 is 10.6 Å². The zero-order chi connectivity index (χ0) is 19.4. The van der Waals surface area contributed by atoms with E-state index in [-0.39, 0.29) is 10.9 Å². The number of carbonyl (C=O) groups is 1. The molecule has 0 bridgehead atoms. The molecule has 0 unspecified atom stereocenters. The van der Waals surface area contributed by atoms with Gasteiger partial charge in [-0.1, -0.05) is 6.07 Å². The maximum absolute atomic E-state index is 11.7. The first-order valence-electron chi connectivity index (χ1n) is 7.83. The van der Waals surface area contributed by atoms with Crippen molar-refractivity contribution in [1.82, 2.24) is 20.2 Å². The SMILES string of the molecule is CC(=O)Nc1cc(Nc2cccc(S(C)(=O)=O)n2)c(-c2cccnn2)cn1. The van der Waals surface area contributed by atoms with Crippen LogP contribution in [0.5, 0.6) is 0 Å². The Morgan fingerprint density at radius 1 is 1.11 bits per heavy atom. The van der Waals surface area contributed by atoms with E-state index in [4.69, 9.17) is 0 Å². The molecule has 3 aromatic rings. The molecule has 0 saturated carbocycles. The van der Waals surface area contributed by atoms with Gasteiger partial charge in [0.15, 0.2) is 14.9 Å². The molecule has 0 aliphatic rings. The number of hydrogen-bond acceptors (Lipinski definition) is 8. The summed E-state index contributed by atoms with van der Waals surface area (Å²) in [6.45, 7) is 1.38. The molecule has 0 atom stereocenters. The molecule has 2 N–H and O–H groups in total. The third-order valence-corrected chi connectivity index (χ3v) is 4.41. The van der Waals surface area contributed by atoms with E-state index in [2.05, 4.69) is 30.8 Å². The number of sulfone groups is 1. The second-order valence-corrected chi connectivity index (χ2v) is 7.63. The minimum absolute atomic E-state index is 0.0512. The maximum Gasteiger partial charge on any atom is 0.222 e. The molecule has 0 radical (unpaired) electrons. The molecule has 0 aromatic carbocycles. The highest BCUT2D eigenvalue weighted by Crippen LogP contribution is 2.30. The summed E-state index contributed by atoms with van der Waals surface area (Å²) in [6.07, 6.45) is 4.18. The zero-order valence-corrected chi connectivity index (χ0v) is 15.4. The van der Waals surface area contributed by atoms with Gasteiger partial charge in [0.25, 0.3) is 0 Å². The van der Waals surface area contributed by atoms with Crippen molar-refractivity contribution in [2.45, 2.75) is 11.9 Å². The van der Waals surface area contributed by atoms with Crippen molar-refractivity contribution in [3.8, 4) is 11.3 Å². The van der Waals surface area contributed by atoms with Gasteiger partial charge in [-0.3, -0.25) is 4.79 Å². The third kappa shape index (κ3) is 4.61. The van der Waals surface area contributed by atoms with Crippen LogP contribution < -0.4 is 10.6 Å². The van der Waals surface area contributed by atoms with Crippen molar-refractivity contribution in [2.75, 3.05) is 16.9 Å². The molecule has 1 amide bonds. The van der Waals surface area contributed by atoms with Crippen LogP contribution in [0.2, 0.25) is 0 Å². The zero-order valence-electron chi connectivity index (χ0n) is 14.5. The van der Waals surface area contributed by atoms with Crippen LogP contribution in [0.3, 0.4) is 0 Å². The first-order valence-corrected chi connectivity index (χ1v) is 9.72. The van der Waals surface area contributed by atoms with E-state index in [1.807, 2.05) is 0 Å². The molecule has 9 nitrogen and oxygen atoms in total. The van der Waals surface area contributed by atoms with Crippen LogP contribution >= 0.6 is 0 Å². The van der Waals surface area contributed by atoms with Crippen LogP contribution in [0.25, 0.3) is 11.3 Å². The van der Waals surface area contributed by atoms with Crippen molar-refractivity contribution >= 4 is 33.1 Å². The molecule has 0 saturated heterocycles. The highest BCUT2D eigenvalue weighted by Gasteiger charge is 2.13. The van der Waals surface area contributed by atoms with Crippen molar-refractivity contribution in [2.24, 2.45) is 0 Å². The third-order valence-electron chi connectivity index (χ3n) is 3.42. The molecular formula is C17H16N6O3S. The molecule has 0 spiro atoms. The molecule has 0 fully saturated rings. The molecule has 27 heavy (non-hydrogen) atoms. The number of aromatic nitrogens is 4. The van der Waals surface area contributed by atoms with Crippen LogP contribution in [0.4, 0.5) is 17.3 Å². The largest absolute Gasteiger partial charge is 0.339 e. The highest BCUT2D eigenvalue weighted by atomic mass is 32.2. The highest BCUT2D eigenvalue weighted by molar-refractivity contribution is 7.90. The summed E-state index contributed by atoms with van der Waals surface area (Å²) in [4.78, 5) is 19.6. The number of pyridine rings is 2. The lowest BCUT2D eigenvalue weighted by Crippen LogP contribution is -2.09. The monoisotopic (exact) mass is 384 g/mol. The van der Waals surface area contributed by atoms with Crippen molar-refractivity contribution < 1.29 is 13.2 Å². The molecule has 3 aromatic heterocycles. The summed E-state index contributed by atoms with van der Waals surface area (Å²) < 4.78 is 23.5. The van der Waals surface area contributed by atoms with E-state index >= 15 is 0 Å². The summed E-state index contributed by atoms with van der Waals surface area (Å²) >= 11 is 0. The van der Waals surface area contributed by atoms with Crippen LogP contribution in [0, 0.1) is 0 Å². The minimum atomic E-state index is -3.45. The van der Waals surface area contributed by atoms with Crippen LogP contribution in [0.15, 0.2) is 53.8 Å². The van der Waals surface area contributed by atoms with Crippen molar-refractivity contribution in [3.05, 3.63) is 48.8 Å². The number of nitrogens with zero attached hydrogens (tertiary/aromatic N) is 4. The van der Waals surface area contributed by atoms with Gasteiger partial charge in [-0.15, -0.1) is 0 Å². The van der Waals surface area contributed by atoms with Gasteiger partial charge in [-0.05, 0) is 24.3 Å². The van der Waals surface area contributed by atoms with Gasteiger partial charge in [-0.2, -0.15) is 10.2 Å². The smallest absolute Gasteiger partial charge is 0.222 e. The first kappa shape index (κ1) is 18.4. The molecule has 0 aliphatic carbocycles. The summed E-state index contributed by atoms with van der Waals surface area (Å²) in [7, 11) is -3.45. The Morgan fingerprint density at radius 3 is 2.59 bits per heavy atom. The molecule has 3 heterocycles. The normalized spacial score (nSPS) is 11.0. The van der Waals surface area contributed by atoms with Gasteiger partial charge in [0.05, 0.1) is 11.4 Å². The van der Waals surface area contributed by atoms with E-state index < -0.39 is 9.84 Å². The Balaban J connectivity index is 2.05. The van der Waals surface area contributed by atoms with Crippen LogP contribution in [-0.2, 0) is 14.6 Å². The summed E-state index contributed by atoms with van der Waals surface area (Å²) in [6, 6.07) is 9.74. The second-order valence-electron chi connectivity index (χ2n) is 5.66. The van der Waals surface area contributed by atoms with Gasteiger partial charge in [0.1, 0.15) is 11.6 Å². The Morgan fingerprint density at radius 2 is 1.93 bits per heavy atom. The fourth-order valence-corrected chi connectivity index (χ4v) is 2.88. The summed E-state index contributed by atoms with van der Waals surface area (Å²) in [5, 5.41) is 13.5. The van der Waals surface area contributed by atoms with E-state index in [1.165, 1.54) is 19.2 Å². The average Bonchev–Trinajstić information content (AvgIpc) is 2.62. The van der Waals surface area contributed by atoms with E-state index in [1.54, 1.807) is 36.5 Å². The topological polar surface area (TPSA) is 127 Å². The van der Waals surface area contributed by atoms with E-state index in [0.29, 0.717) is 28.6 Å². The van der Waals surface area contributed by atoms with E-state index in [0.717, 1.165) is 6.26 Å². The Kier molecular flexibility index (Phi) is 5.08. The molecular weight excluding hydrogens is 368 g/mol. The van der Waals surface area contributed by atoms with Crippen molar-refractivity contribution in [1.29, 1.82) is 0 Å². The Labute approximate surface area is 155 Å². The number of carbonyl (C=O) groups excluding carboxylic acids is 1. The fraction of sp³-hybridized carbons (Fsp3) is 0.118. The van der Waals surface area contributed by atoms with Gasteiger partial charge in [0, 0.05) is 37.2 Å². The molecule has 138 valence electrons. The lowest BCUT2D eigenvalue weighted by Gasteiger charge is -2.13. The van der Waals surface area contributed by atoms with Crippen LogP contribution in [0.1, 0.15) is 6.92 Å². The second kappa shape index (κ2) is 7.46. The van der Waals surface area contributed by atoms with Gasteiger partial charge in [-0.25, -0.2) is 18.4 Å². The Hall–Kier alpha value is -3.40. The number of anilines is 3. The predicted octanol–water partition coefficient (Wildman–Crippen LogP) is 2.04. The lowest BCUT2D eigenvalue weighted by atomic mass is 10.1. The standard InChI is InChI=1S/C17H16N6O3S/c1-11(24)20-16-9-14(12(10-18-16)13-5-4-8-19-23-13)21-15-6-3-7-17(22-15)27(2,25)26/h3-10H,1-2H3,(H2,18,20,21,22,24). The number of hydrogen-bond donors (Lipinski definition) is 2. The predicted molar refractivity (Wildman–Crippen MR) is 100 cm³/mol. The van der Waals surface area contributed by atoms with E-state index in [9.17, 15) is 13.2 Å². The summed E-state index contributed by atoms with van der Waals surface area (Å²) in [5.41, 5.74) is 1.71. The molecule has 3 rings (SSSR count). The van der Waals surface area contributed by atoms with Gasteiger partial charge >= 0.3 is 0 Å².